The van der Waals surface area contributed by atoms with E-state index in [9.17, 15) is 0 Å². The van der Waals surface area contributed by atoms with Crippen LogP contribution in [-0.4, -0.2) is 53.4 Å². The summed E-state index contributed by atoms with van der Waals surface area (Å²) < 4.78 is 1.95. The smallest absolute Gasteiger partial charge is 0.191 e. The molecule has 152 valence electrons. The predicted molar refractivity (Wildman–Crippen MR) is 115 cm³/mol. The summed E-state index contributed by atoms with van der Waals surface area (Å²) in [5, 5.41) is 11.3. The molecule has 2 aromatic rings. The van der Waals surface area contributed by atoms with Crippen LogP contribution in [0.4, 0.5) is 0 Å². The van der Waals surface area contributed by atoms with E-state index < -0.39 is 0 Å². The van der Waals surface area contributed by atoms with Gasteiger partial charge in [0.15, 0.2) is 5.96 Å². The highest BCUT2D eigenvalue weighted by molar-refractivity contribution is 5.79. The fourth-order valence-electron chi connectivity index (χ4n) is 3.79. The van der Waals surface area contributed by atoms with Crippen LogP contribution in [0.3, 0.4) is 0 Å². The predicted octanol–water partition coefficient (Wildman–Crippen LogP) is 2.72. The number of guanidine groups is 1. The number of hydrogen-bond acceptors (Lipinski definition) is 3. The van der Waals surface area contributed by atoms with E-state index in [0.29, 0.717) is 12.5 Å². The van der Waals surface area contributed by atoms with Gasteiger partial charge in [0.1, 0.15) is 0 Å². The van der Waals surface area contributed by atoms with E-state index in [4.69, 9.17) is 4.99 Å². The summed E-state index contributed by atoms with van der Waals surface area (Å²) in [5.41, 5.74) is 2.50. The summed E-state index contributed by atoms with van der Waals surface area (Å²) in [7, 11) is 0. The van der Waals surface area contributed by atoms with Gasteiger partial charge in [-0.2, -0.15) is 5.10 Å². The monoisotopic (exact) mass is 382 g/mol. The molecule has 6 nitrogen and oxygen atoms in total. The van der Waals surface area contributed by atoms with Crippen molar-refractivity contribution in [3.05, 3.63) is 53.9 Å². The maximum absolute atomic E-state index is 4.85. The van der Waals surface area contributed by atoms with E-state index in [1.165, 1.54) is 37.1 Å². The zero-order chi connectivity index (χ0) is 19.6. The molecule has 1 fully saturated rings. The molecular formula is C22H34N6. The number of hydrogen-bond donors (Lipinski definition) is 2. The summed E-state index contributed by atoms with van der Waals surface area (Å²) in [4.78, 5) is 7.40. The zero-order valence-electron chi connectivity index (χ0n) is 17.3. The number of aromatic nitrogens is 2. The van der Waals surface area contributed by atoms with E-state index in [2.05, 4.69) is 58.7 Å². The molecule has 1 saturated heterocycles. The summed E-state index contributed by atoms with van der Waals surface area (Å²) in [5.74, 6) is 1.61. The molecule has 0 bridgehead atoms. The summed E-state index contributed by atoms with van der Waals surface area (Å²) >= 11 is 0. The minimum Gasteiger partial charge on any atom is -0.357 e. The van der Waals surface area contributed by atoms with Crippen LogP contribution in [0.5, 0.6) is 0 Å². The summed E-state index contributed by atoms with van der Waals surface area (Å²) in [6, 6.07) is 10.4. The molecule has 6 heteroatoms. The Bertz CT molecular complexity index is 724. The lowest BCUT2D eigenvalue weighted by Crippen LogP contribution is -2.44. The van der Waals surface area contributed by atoms with Crippen LogP contribution in [0.15, 0.2) is 47.7 Å². The quantitative estimate of drug-likeness (QED) is 0.544. The maximum atomic E-state index is 4.85. The van der Waals surface area contributed by atoms with Gasteiger partial charge in [0.05, 0.1) is 13.1 Å². The minimum absolute atomic E-state index is 0.665. The first-order valence-electron chi connectivity index (χ1n) is 10.6. The Labute approximate surface area is 169 Å². The third-order valence-electron chi connectivity index (χ3n) is 5.37. The molecule has 28 heavy (non-hydrogen) atoms. The molecule has 1 aromatic carbocycles. The molecule has 1 aromatic heterocycles. The number of piperidine rings is 1. The summed E-state index contributed by atoms with van der Waals surface area (Å²) in [6.45, 7) is 11.2. The molecule has 2 N–H and O–H groups in total. The standard InChI is InChI=1S/C22H34N6/c1-3-23-22(24-15-19-9-7-13-27(4-2)17-19)25-16-20-10-5-6-11-21(20)18-28-14-8-12-26-28/h5-6,8,10-12,14,19H,3-4,7,9,13,15-18H2,1-2H3,(H2,23,24,25). The molecule has 0 spiro atoms. The minimum atomic E-state index is 0.665. The second-order valence-corrected chi connectivity index (χ2v) is 7.45. The third kappa shape index (κ3) is 6.09. The number of aliphatic imine (C=N–C) groups is 1. The molecular weight excluding hydrogens is 348 g/mol. The molecule has 1 unspecified atom stereocenters. The second-order valence-electron chi connectivity index (χ2n) is 7.45. The normalized spacial score (nSPS) is 18.2. The van der Waals surface area contributed by atoms with Gasteiger partial charge in [-0.1, -0.05) is 31.2 Å². The summed E-state index contributed by atoms with van der Waals surface area (Å²) in [6.07, 6.45) is 6.42. The average molecular weight is 383 g/mol. The Morgan fingerprint density at radius 3 is 2.79 bits per heavy atom. The van der Waals surface area contributed by atoms with Gasteiger partial charge in [0.25, 0.3) is 0 Å². The van der Waals surface area contributed by atoms with Crippen molar-refractivity contribution in [2.24, 2.45) is 10.9 Å². The molecule has 1 atom stereocenters. The van der Waals surface area contributed by atoms with Crippen LogP contribution < -0.4 is 10.6 Å². The molecule has 0 aliphatic carbocycles. The Morgan fingerprint density at radius 2 is 2.04 bits per heavy atom. The SMILES string of the molecule is CCNC(=NCc1ccccc1Cn1cccn1)NCC1CCCN(CC)C1. The van der Waals surface area contributed by atoms with Crippen LogP contribution in [0, 0.1) is 5.92 Å². The van der Waals surface area contributed by atoms with Gasteiger partial charge in [-0.25, -0.2) is 4.99 Å². The fraction of sp³-hybridized carbons (Fsp3) is 0.545. The lowest BCUT2D eigenvalue weighted by Gasteiger charge is -2.32. The number of nitrogens with zero attached hydrogens (tertiary/aromatic N) is 4. The van der Waals surface area contributed by atoms with Gasteiger partial charge < -0.3 is 15.5 Å². The highest BCUT2D eigenvalue weighted by atomic mass is 15.3. The number of rotatable bonds is 8. The first-order valence-corrected chi connectivity index (χ1v) is 10.6. The Kier molecular flexibility index (Phi) is 7.91. The second kappa shape index (κ2) is 10.9. The van der Waals surface area contributed by atoms with Crippen molar-refractivity contribution in [1.29, 1.82) is 0 Å². The first-order chi connectivity index (χ1) is 13.8. The van der Waals surface area contributed by atoms with E-state index in [1.54, 1.807) is 0 Å². The molecule has 0 saturated carbocycles. The highest BCUT2D eigenvalue weighted by Gasteiger charge is 2.18. The van der Waals surface area contributed by atoms with E-state index >= 15 is 0 Å². The van der Waals surface area contributed by atoms with Crippen molar-refractivity contribution in [2.45, 2.75) is 39.8 Å². The van der Waals surface area contributed by atoms with Gasteiger partial charge in [-0.15, -0.1) is 0 Å². The van der Waals surface area contributed by atoms with Gasteiger partial charge in [-0.05, 0) is 56.0 Å². The Morgan fingerprint density at radius 1 is 1.18 bits per heavy atom. The van der Waals surface area contributed by atoms with E-state index in [0.717, 1.165) is 32.1 Å². The fourth-order valence-corrected chi connectivity index (χ4v) is 3.79. The molecule has 1 aliphatic heterocycles. The highest BCUT2D eigenvalue weighted by Crippen LogP contribution is 2.15. The van der Waals surface area contributed by atoms with Gasteiger partial charge >= 0.3 is 0 Å². The van der Waals surface area contributed by atoms with E-state index in [-0.39, 0.29) is 0 Å². The van der Waals surface area contributed by atoms with Gasteiger partial charge in [-0.3, -0.25) is 4.68 Å². The largest absolute Gasteiger partial charge is 0.357 e. The molecule has 0 radical (unpaired) electrons. The zero-order valence-corrected chi connectivity index (χ0v) is 17.3. The van der Waals surface area contributed by atoms with Crippen LogP contribution in [0.2, 0.25) is 0 Å². The lowest BCUT2D eigenvalue weighted by atomic mass is 9.98. The maximum Gasteiger partial charge on any atom is 0.191 e. The average Bonchev–Trinajstić information content (AvgIpc) is 3.24. The van der Waals surface area contributed by atoms with Crippen LogP contribution in [-0.2, 0) is 13.1 Å². The van der Waals surface area contributed by atoms with Crippen LogP contribution in [0.1, 0.15) is 37.8 Å². The van der Waals surface area contributed by atoms with Crippen molar-refractivity contribution < 1.29 is 0 Å². The Hall–Kier alpha value is -2.34. The molecule has 3 rings (SSSR count). The molecule has 0 amide bonds. The number of likely N-dealkylation sites (tertiary alicyclic amines) is 1. The first kappa shape index (κ1) is 20.4. The van der Waals surface area contributed by atoms with Crippen LogP contribution >= 0.6 is 0 Å². The van der Waals surface area contributed by atoms with Crippen LogP contribution in [0.25, 0.3) is 0 Å². The number of benzene rings is 1. The van der Waals surface area contributed by atoms with Gasteiger partial charge in [0, 0.05) is 32.0 Å². The lowest BCUT2D eigenvalue weighted by molar-refractivity contribution is 0.183. The van der Waals surface area contributed by atoms with E-state index in [1.807, 2.05) is 23.1 Å². The molecule has 1 aliphatic rings. The molecule has 2 heterocycles. The van der Waals surface area contributed by atoms with Crippen molar-refractivity contribution in [1.82, 2.24) is 25.3 Å². The van der Waals surface area contributed by atoms with Crippen molar-refractivity contribution >= 4 is 5.96 Å². The van der Waals surface area contributed by atoms with Gasteiger partial charge in [0.2, 0.25) is 0 Å². The van der Waals surface area contributed by atoms with Crippen molar-refractivity contribution in [3.63, 3.8) is 0 Å². The number of nitrogens with one attached hydrogen (secondary N) is 2. The Balaban J connectivity index is 1.59. The van der Waals surface area contributed by atoms with Crippen molar-refractivity contribution in [2.75, 3.05) is 32.7 Å². The van der Waals surface area contributed by atoms with Crippen molar-refractivity contribution in [3.8, 4) is 0 Å². The third-order valence-corrected chi connectivity index (χ3v) is 5.37. The topological polar surface area (TPSA) is 57.5 Å².